The van der Waals surface area contributed by atoms with Crippen LogP contribution in [0.25, 0.3) is 16.8 Å². The molecule has 0 radical (unpaired) electrons. The maximum atomic E-state index is 12.0. The lowest BCUT2D eigenvalue weighted by molar-refractivity contribution is -0.129. The highest BCUT2D eigenvalue weighted by molar-refractivity contribution is 5.73. The van der Waals surface area contributed by atoms with Crippen LogP contribution in [-0.2, 0) is 11.3 Å². The third-order valence-corrected chi connectivity index (χ3v) is 5.33. The van der Waals surface area contributed by atoms with Crippen LogP contribution in [0.5, 0.6) is 5.75 Å². The van der Waals surface area contributed by atoms with E-state index in [4.69, 9.17) is 4.74 Å². The molecular weight excluding hydrogens is 394 g/mol. The monoisotopic (exact) mass is 417 g/mol. The molecule has 9 heteroatoms. The van der Waals surface area contributed by atoms with Crippen molar-refractivity contribution in [3.8, 4) is 17.0 Å². The van der Waals surface area contributed by atoms with Crippen molar-refractivity contribution in [2.75, 3.05) is 25.0 Å². The van der Waals surface area contributed by atoms with Crippen LogP contribution >= 0.6 is 0 Å². The van der Waals surface area contributed by atoms with Gasteiger partial charge in [-0.3, -0.25) is 9.48 Å². The molecule has 158 valence electrons. The fourth-order valence-corrected chi connectivity index (χ4v) is 3.70. The van der Waals surface area contributed by atoms with E-state index >= 15 is 0 Å². The Balaban J connectivity index is 1.49. The zero-order valence-corrected chi connectivity index (χ0v) is 17.2. The maximum absolute atomic E-state index is 12.0. The van der Waals surface area contributed by atoms with Crippen molar-refractivity contribution in [2.45, 2.75) is 19.9 Å². The number of rotatable bonds is 0. The molecule has 3 aromatic heterocycles. The van der Waals surface area contributed by atoms with Gasteiger partial charge in [0.25, 0.3) is 0 Å². The van der Waals surface area contributed by atoms with Gasteiger partial charge in [0.1, 0.15) is 12.4 Å². The SMILES string of the molecule is CC(=O)N1CCCn2cc(cn2)Nc2ncc3ccc(n3n2)-c2ccc(cc2)OCC1. The zero-order chi connectivity index (χ0) is 21.2. The minimum atomic E-state index is 0.0429. The summed E-state index contributed by atoms with van der Waals surface area (Å²) in [6, 6.07) is 11.9. The van der Waals surface area contributed by atoms with E-state index in [-0.39, 0.29) is 5.91 Å². The molecule has 2 aliphatic rings. The number of hydrogen-bond donors (Lipinski definition) is 1. The number of nitrogens with one attached hydrogen (secondary N) is 1. The van der Waals surface area contributed by atoms with Crippen molar-refractivity contribution in [1.82, 2.24) is 29.3 Å². The van der Waals surface area contributed by atoms with E-state index in [2.05, 4.69) is 20.5 Å². The first-order valence-electron chi connectivity index (χ1n) is 10.3. The van der Waals surface area contributed by atoms with E-state index in [0.717, 1.165) is 34.6 Å². The van der Waals surface area contributed by atoms with Gasteiger partial charge in [-0.1, -0.05) is 0 Å². The fourth-order valence-electron chi connectivity index (χ4n) is 3.70. The van der Waals surface area contributed by atoms with E-state index in [1.807, 2.05) is 56.7 Å². The van der Waals surface area contributed by atoms with Gasteiger partial charge >= 0.3 is 0 Å². The molecule has 0 fully saturated rings. The first-order chi connectivity index (χ1) is 15.2. The van der Waals surface area contributed by atoms with Crippen molar-refractivity contribution in [3.05, 3.63) is 55.0 Å². The number of hydrogen-bond acceptors (Lipinski definition) is 6. The summed E-state index contributed by atoms with van der Waals surface area (Å²) in [4.78, 5) is 18.2. The summed E-state index contributed by atoms with van der Waals surface area (Å²) in [7, 11) is 0. The summed E-state index contributed by atoms with van der Waals surface area (Å²) in [5.74, 6) is 1.30. The molecule has 2 aliphatic heterocycles. The van der Waals surface area contributed by atoms with E-state index in [9.17, 15) is 4.79 Å². The van der Waals surface area contributed by atoms with Crippen molar-refractivity contribution in [3.63, 3.8) is 0 Å². The number of aryl methyl sites for hydroxylation is 1. The molecule has 9 nitrogen and oxygen atoms in total. The summed E-state index contributed by atoms with van der Waals surface area (Å²) in [6.07, 6.45) is 6.25. The van der Waals surface area contributed by atoms with Gasteiger partial charge in [-0.2, -0.15) is 5.10 Å². The van der Waals surface area contributed by atoms with Gasteiger partial charge in [0.05, 0.1) is 35.8 Å². The van der Waals surface area contributed by atoms with Gasteiger partial charge in [0.2, 0.25) is 11.9 Å². The average Bonchev–Trinajstić information content (AvgIpc) is 3.39. The molecule has 6 rings (SSSR count). The topological polar surface area (TPSA) is 89.6 Å². The van der Waals surface area contributed by atoms with Crippen LogP contribution in [0, 0.1) is 0 Å². The Morgan fingerprint density at radius 3 is 2.77 bits per heavy atom. The molecule has 4 aromatic rings. The minimum absolute atomic E-state index is 0.0429. The third kappa shape index (κ3) is 4.07. The van der Waals surface area contributed by atoms with Crippen LogP contribution in [0.1, 0.15) is 13.3 Å². The second-order valence-electron chi connectivity index (χ2n) is 7.49. The number of ether oxygens (including phenoxy) is 1. The van der Waals surface area contributed by atoms with Crippen molar-refractivity contribution in [1.29, 1.82) is 0 Å². The van der Waals surface area contributed by atoms with Gasteiger partial charge in [-0.15, -0.1) is 5.10 Å². The lowest BCUT2D eigenvalue weighted by atomic mass is 10.1. The quantitative estimate of drug-likeness (QED) is 0.473. The summed E-state index contributed by atoms with van der Waals surface area (Å²) in [5.41, 5.74) is 3.70. The second-order valence-corrected chi connectivity index (χ2v) is 7.49. The first-order valence-corrected chi connectivity index (χ1v) is 10.3. The Morgan fingerprint density at radius 2 is 1.94 bits per heavy atom. The minimum Gasteiger partial charge on any atom is -0.492 e. The molecule has 0 aliphatic carbocycles. The third-order valence-electron chi connectivity index (χ3n) is 5.33. The maximum Gasteiger partial charge on any atom is 0.245 e. The molecular formula is C22H23N7O2. The molecule has 0 saturated carbocycles. The zero-order valence-electron chi connectivity index (χ0n) is 17.2. The molecule has 31 heavy (non-hydrogen) atoms. The Morgan fingerprint density at radius 1 is 1.06 bits per heavy atom. The van der Waals surface area contributed by atoms with Gasteiger partial charge in [0.15, 0.2) is 0 Å². The molecule has 1 amide bonds. The highest BCUT2D eigenvalue weighted by Crippen LogP contribution is 2.25. The molecule has 0 saturated heterocycles. The van der Waals surface area contributed by atoms with Gasteiger partial charge in [-0.05, 0) is 42.8 Å². The molecule has 0 spiro atoms. The first kappa shape index (κ1) is 19.1. The molecule has 6 bridgehead atoms. The van der Waals surface area contributed by atoms with Crippen molar-refractivity contribution in [2.24, 2.45) is 0 Å². The second kappa shape index (κ2) is 8.10. The number of anilines is 2. The van der Waals surface area contributed by atoms with Crippen LogP contribution in [0.2, 0.25) is 0 Å². The fraction of sp³-hybridized carbons (Fsp3) is 0.273. The highest BCUT2D eigenvalue weighted by Gasteiger charge is 2.11. The molecule has 0 atom stereocenters. The predicted molar refractivity (Wildman–Crippen MR) is 116 cm³/mol. The van der Waals surface area contributed by atoms with Crippen LogP contribution in [0.15, 0.2) is 55.0 Å². The largest absolute Gasteiger partial charge is 0.492 e. The van der Waals surface area contributed by atoms with Gasteiger partial charge in [-0.25, -0.2) is 9.50 Å². The van der Waals surface area contributed by atoms with Gasteiger partial charge in [0, 0.05) is 31.8 Å². The van der Waals surface area contributed by atoms with E-state index in [1.54, 1.807) is 19.3 Å². The van der Waals surface area contributed by atoms with Crippen molar-refractivity contribution >= 4 is 23.1 Å². The number of amides is 1. The van der Waals surface area contributed by atoms with E-state index in [1.165, 1.54) is 0 Å². The lowest BCUT2D eigenvalue weighted by Gasteiger charge is -2.21. The molecule has 1 aromatic carbocycles. The average molecular weight is 417 g/mol. The van der Waals surface area contributed by atoms with Crippen LogP contribution in [0.3, 0.4) is 0 Å². The smallest absolute Gasteiger partial charge is 0.245 e. The van der Waals surface area contributed by atoms with Crippen LogP contribution < -0.4 is 10.1 Å². The Bertz CT molecular complexity index is 1210. The number of benzene rings is 1. The van der Waals surface area contributed by atoms with Gasteiger partial charge < -0.3 is 15.0 Å². The summed E-state index contributed by atoms with van der Waals surface area (Å²) in [5, 5.41) is 12.3. The number of carbonyl (C=O) groups is 1. The lowest BCUT2D eigenvalue weighted by Crippen LogP contribution is -2.34. The predicted octanol–water partition coefficient (Wildman–Crippen LogP) is 2.97. The van der Waals surface area contributed by atoms with Crippen LogP contribution in [-0.4, -0.2) is 54.9 Å². The number of aromatic nitrogens is 5. The highest BCUT2D eigenvalue weighted by atomic mass is 16.5. The Kier molecular flexibility index (Phi) is 4.99. The van der Waals surface area contributed by atoms with Crippen LogP contribution in [0.4, 0.5) is 11.6 Å². The summed E-state index contributed by atoms with van der Waals surface area (Å²) < 4.78 is 9.59. The number of fused-ring (bicyclic) bond motifs is 8. The molecule has 1 N–H and O–H groups in total. The number of carbonyl (C=O) groups excluding carboxylic acids is 1. The Labute approximate surface area is 179 Å². The van der Waals surface area contributed by atoms with E-state index in [0.29, 0.717) is 32.2 Å². The summed E-state index contributed by atoms with van der Waals surface area (Å²) in [6.45, 7) is 3.93. The Hall–Kier alpha value is -3.88. The normalized spacial score (nSPS) is 14.5. The molecule has 0 unspecified atom stereocenters. The number of nitrogens with zero attached hydrogens (tertiary/aromatic N) is 6. The molecule has 5 heterocycles. The van der Waals surface area contributed by atoms with Crippen molar-refractivity contribution < 1.29 is 9.53 Å². The standard InChI is InChI=1S/C22H23N7O2/c1-16(30)27-9-2-10-28-15-18(13-24-28)25-22-23-14-19-5-8-21(29(19)26-22)17-3-6-20(7-4-17)31-12-11-27/h3-8,13-15H,2,9-12H2,1H3,(H,25,26). The summed E-state index contributed by atoms with van der Waals surface area (Å²) >= 11 is 0. The van der Waals surface area contributed by atoms with E-state index < -0.39 is 0 Å².